The number of benzene rings is 2. The normalized spacial score (nSPS) is 10.8. The Bertz CT molecular complexity index is 953. The summed E-state index contributed by atoms with van der Waals surface area (Å²) < 4.78 is 11.3. The van der Waals surface area contributed by atoms with Gasteiger partial charge in [-0.25, -0.2) is 0 Å². The summed E-state index contributed by atoms with van der Waals surface area (Å²) in [5.41, 5.74) is 2.42. The van der Waals surface area contributed by atoms with E-state index in [9.17, 15) is 0 Å². The third kappa shape index (κ3) is 3.96. The van der Waals surface area contributed by atoms with Crippen LogP contribution in [0.3, 0.4) is 0 Å². The van der Waals surface area contributed by atoms with Gasteiger partial charge in [0.2, 0.25) is 0 Å². The third-order valence-electron chi connectivity index (χ3n) is 4.15. The van der Waals surface area contributed by atoms with Gasteiger partial charge in [0.05, 0.1) is 33.8 Å². The number of rotatable bonds is 7. The molecular formula is C22H18O2S4. The second kappa shape index (κ2) is 9.09. The van der Waals surface area contributed by atoms with Crippen LogP contribution in [0.1, 0.15) is 0 Å². The van der Waals surface area contributed by atoms with E-state index in [0.717, 1.165) is 21.3 Å². The van der Waals surface area contributed by atoms with Crippen molar-refractivity contribution in [3.05, 3.63) is 71.4 Å². The molecule has 4 aromatic rings. The molecule has 2 heterocycles. The first-order valence-electron chi connectivity index (χ1n) is 8.58. The molecule has 0 unspecified atom stereocenters. The van der Waals surface area contributed by atoms with Crippen LogP contribution in [0.25, 0.3) is 20.9 Å². The summed E-state index contributed by atoms with van der Waals surface area (Å²) in [6.07, 6.45) is 0. The van der Waals surface area contributed by atoms with E-state index in [4.69, 9.17) is 9.47 Å². The van der Waals surface area contributed by atoms with E-state index < -0.39 is 0 Å². The first-order valence-corrected chi connectivity index (χ1v) is 12.5. The van der Waals surface area contributed by atoms with Gasteiger partial charge >= 0.3 is 0 Å². The van der Waals surface area contributed by atoms with Crippen molar-refractivity contribution in [2.24, 2.45) is 0 Å². The summed E-state index contributed by atoms with van der Waals surface area (Å²) in [5.74, 6) is 1.83. The predicted molar refractivity (Wildman–Crippen MR) is 124 cm³/mol. The number of thiophene rings is 2. The summed E-state index contributed by atoms with van der Waals surface area (Å²) in [6, 6.07) is 20.9. The standard InChI is InChI=1S/C22H18O2S4/c1-23-17-13-25-19(15-9-5-3-6-10-15)21(17)27-28-22-18(24-2)14-26-20(22)16-11-7-4-8-12-16/h3-14H,1-2H3. The quantitative estimate of drug-likeness (QED) is 0.270. The van der Waals surface area contributed by atoms with Gasteiger partial charge in [-0.2, -0.15) is 0 Å². The van der Waals surface area contributed by atoms with Crippen LogP contribution >= 0.6 is 44.3 Å². The van der Waals surface area contributed by atoms with Crippen molar-refractivity contribution in [1.82, 2.24) is 0 Å². The Morgan fingerprint density at radius 3 is 1.36 bits per heavy atom. The maximum Gasteiger partial charge on any atom is 0.144 e. The Morgan fingerprint density at radius 1 is 0.607 bits per heavy atom. The van der Waals surface area contributed by atoms with Crippen LogP contribution in [0.5, 0.6) is 11.5 Å². The van der Waals surface area contributed by atoms with Gasteiger partial charge < -0.3 is 9.47 Å². The fourth-order valence-electron chi connectivity index (χ4n) is 2.76. The molecule has 0 atom stereocenters. The molecule has 0 aliphatic rings. The molecule has 2 aromatic heterocycles. The molecule has 142 valence electrons. The zero-order valence-corrected chi connectivity index (χ0v) is 18.6. The fourth-order valence-corrected chi connectivity index (χ4v) is 8.10. The first-order chi connectivity index (χ1) is 13.8. The van der Waals surface area contributed by atoms with Crippen molar-refractivity contribution in [1.29, 1.82) is 0 Å². The van der Waals surface area contributed by atoms with Crippen LogP contribution in [0.4, 0.5) is 0 Å². The molecule has 0 saturated carbocycles. The van der Waals surface area contributed by atoms with E-state index in [0.29, 0.717) is 0 Å². The van der Waals surface area contributed by atoms with E-state index in [2.05, 4.69) is 59.3 Å². The lowest BCUT2D eigenvalue weighted by Crippen LogP contribution is -1.84. The highest BCUT2D eigenvalue weighted by molar-refractivity contribution is 8.76. The molecule has 0 bridgehead atoms. The second-order valence-electron chi connectivity index (χ2n) is 5.82. The largest absolute Gasteiger partial charge is 0.495 e. The summed E-state index contributed by atoms with van der Waals surface area (Å²) in [7, 11) is 6.91. The Morgan fingerprint density at radius 2 is 1.00 bits per heavy atom. The molecule has 28 heavy (non-hydrogen) atoms. The molecule has 0 radical (unpaired) electrons. The van der Waals surface area contributed by atoms with Crippen LogP contribution in [-0.2, 0) is 0 Å². The smallest absolute Gasteiger partial charge is 0.144 e. The van der Waals surface area contributed by atoms with Crippen molar-refractivity contribution in [2.45, 2.75) is 9.79 Å². The Kier molecular flexibility index (Phi) is 6.32. The SMILES string of the molecule is COc1csc(-c2ccccc2)c1SSc1c(OC)csc1-c1ccccc1. The van der Waals surface area contributed by atoms with Gasteiger partial charge in [-0.15, -0.1) is 22.7 Å². The van der Waals surface area contributed by atoms with Gasteiger partial charge in [0.15, 0.2) is 0 Å². The molecule has 0 spiro atoms. The molecule has 0 aliphatic heterocycles. The fraction of sp³-hybridized carbons (Fsp3) is 0.0909. The molecule has 0 amide bonds. The lowest BCUT2D eigenvalue weighted by atomic mass is 10.2. The summed E-state index contributed by atoms with van der Waals surface area (Å²) in [4.78, 5) is 4.75. The average molecular weight is 443 g/mol. The highest BCUT2D eigenvalue weighted by Crippen LogP contribution is 2.54. The minimum atomic E-state index is 0.914. The van der Waals surface area contributed by atoms with Crippen molar-refractivity contribution in [3.8, 4) is 32.4 Å². The van der Waals surface area contributed by atoms with Crippen LogP contribution < -0.4 is 9.47 Å². The van der Waals surface area contributed by atoms with Crippen LogP contribution in [0.2, 0.25) is 0 Å². The minimum absolute atomic E-state index is 0.914. The van der Waals surface area contributed by atoms with E-state index in [-0.39, 0.29) is 0 Å². The van der Waals surface area contributed by atoms with E-state index in [1.54, 1.807) is 58.5 Å². The van der Waals surface area contributed by atoms with Gasteiger partial charge in [0.1, 0.15) is 11.5 Å². The topological polar surface area (TPSA) is 18.5 Å². The lowest BCUT2D eigenvalue weighted by molar-refractivity contribution is 0.407. The van der Waals surface area contributed by atoms with Crippen molar-refractivity contribution < 1.29 is 9.47 Å². The van der Waals surface area contributed by atoms with Gasteiger partial charge in [-0.3, -0.25) is 0 Å². The van der Waals surface area contributed by atoms with Crippen molar-refractivity contribution in [2.75, 3.05) is 14.2 Å². The van der Waals surface area contributed by atoms with Gasteiger partial charge in [0.25, 0.3) is 0 Å². The number of ether oxygens (including phenoxy) is 2. The van der Waals surface area contributed by atoms with E-state index in [1.807, 2.05) is 12.1 Å². The number of hydrogen-bond acceptors (Lipinski definition) is 6. The molecule has 4 rings (SSSR count). The zero-order chi connectivity index (χ0) is 19.3. The van der Waals surface area contributed by atoms with E-state index in [1.165, 1.54) is 20.9 Å². The van der Waals surface area contributed by atoms with Crippen LogP contribution in [-0.4, -0.2) is 14.2 Å². The second-order valence-corrected chi connectivity index (χ2v) is 9.73. The molecule has 0 aliphatic carbocycles. The molecule has 2 aromatic carbocycles. The van der Waals surface area contributed by atoms with Crippen molar-refractivity contribution in [3.63, 3.8) is 0 Å². The van der Waals surface area contributed by atoms with Gasteiger partial charge in [-0.05, 0) is 32.7 Å². The molecule has 0 saturated heterocycles. The maximum atomic E-state index is 5.64. The summed E-state index contributed by atoms with van der Waals surface area (Å²) in [5, 5.41) is 4.16. The predicted octanol–water partition coefficient (Wildman–Crippen LogP) is 7.96. The maximum absolute atomic E-state index is 5.64. The Balaban J connectivity index is 1.68. The molecular weight excluding hydrogens is 425 g/mol. The molecule has 6 heteroatoms. The highest BCUT2D eigenvalue weighted by Gasteiger charge is 2.20. The molecule has 0 fully saturated rings. The Hall–Kier alpha value is -1.86. The van der Waals surface area contributed by atoms with Crippen LogP contribution in [0.15, 0.2) is 81.2 Å². The monoisotopic (exact) mass is 442 g/mol. The minimum Gasteiger partial charge on any atom is -0.495 e. The lowest BCUT2D eigenvalue weighted by Gasteiger charge is -2.09. The number of methoxy groups -OCH3 is 2. The molecule has 2 nitrogen and oxygen atoms in total. The van der Waals surface area contributed by atoms with Crippen molar-refractivity contribution >= 4 is 44.3 Å². The first kappa shape index (κ1) is 19.5. The van der Waals surface area contributed by atoms with E-state index >= 15 is 0 Å². The Labute approximate surface area is 180 Å². The summed E-state index contributed by atoms with van der Waals surface area (Å²) >= 11 is 3.43. The zero-order valence-electron chi connectivity index (χ0n) is 15.4. The average Bonchev–Trinajstić information content (AvgIpc) is 3.36. The van der Waals surface area contributed by atoms with Crippen LogP contribution in [0, 0.1) is 0 Å². The highest BCUT2D eigenvalue weighted by atomic mass is 33.1. The van der Waals surface area contributed by atoms with Gasteiger partial charge in [0, 0.05) is 10.8 Å². The molecule has 0 N–H and O–H groups in total. The number of hydrogen-bond donors (Lipinski definition) is 0. The van der Waals surface area contributed by atoms with Gasteiger partial charge in [-0.1, -0.05) is 60.7 Å². The summed E-state index contributed by atoms with van der Waals surface area (Å²) in [6.45, 7) is 0. The third-order valence-corrected chi connectivity index (χ3v) is 8.90.